The minimum Gasteiger partial charge on any atom is -0.288 e. The van der Waals surface area contributed by atoms with Crippen LogP contribution >= 0.6 is 11.3 Å². The van der Waals surface area contributed by atoms with Crippen LogP contribution in [0.4, 0.5) is 0 Å². The van der Waals surface area contributed by atoms with Crippen molar-refractivity contribution < 1.29 is 4.79 Å². The van der Waals surface area contributed by atoms with Crippen LogP contribution in [0, 0.1) is 0 Å². The third kappa shape index (κ3) is 2.17. The van der Waals surface area contributed by atoms with E-state index in [1.807, 2.05) is 36.4 Å². The first-order valence-corrected chi connectivity index (χ1v) is 7.07. The number of ketones is 1. The molecule has 0 bridgehead atoms. The van der Waals surface area contributed by atoms with Gasteiger partial charge in [-0.3, -0.25) is 9.78 Å². The smallest absolute Gasteiger partial charge is 0.203 e. The molecule has 0 amide bonds. The number of carbonyl (C=O) groups excluding carboxylic acids is 1. The second-order valence-electron chi connectivity index (χ2n) is 4.35. The van der Waals surface area contributed by atoms with E-state index in [-0.39, 0.29) is 5.78 Å². The quantitative estimate of drug-likeness (QED) is 0.669. The predicted octanol–water partition coefficient (Wildman–Crippen LogP) is 4.09. The van der Waals surface area contributed by atoms with Gasteiger partial charge in [0, 0.05) is 28.2 Å². The van der Waals surface area contributed by atoms with Crippen LogP contribution in [0.1, 0.15) is 27.0 Å². The van der Waals surface area contributed by atoms with Crippen LogP contribution in [0.15, 0.2) is 48.8 Å². The number of hydrogen-bond donors (Lipinski definition) is 0. The molecule has 0 unspecified atom stereocenters. The number of thiophene rings is 1. The molecular weight excluding hydrogens is 254 g/mol. The number of benzene rings is 1. The number of rotatable bonds is 3. The summed E-state index contributed by atoms with van der Waals surface area (Å²) >= 11 is 1.58. The molecule has 3 rings (SSSR count). The second-order valence-corrected chi connectivity index (χ2v) is 5.52. The third-order valence-corrected chi connectivity index (χ3v) is 4.39. The highest BCUT2D eigenvalue weighted by molar-refractivity contribution is 7.14. The lowest BCUT2D eigenvalue weighted by Gasteiger charge is -2.03. The summed E-state index contributed by atoms with van der Waals surface area (Å²) in [5.41, 5.74) is 0.754. The average Bonchev–Trinajstić information content (AvgIpc) is 2.95. The first-order chi connectivity index (χ1) is 9.29. The predicted molar refractivity (Wildman–Crippen MR) is 78.9 cm³/mol. The molecule has 0 N–H and O–H groups in total. The molecule has 0 saturated carbocycles. The average molecular weight is 267 g/mol. The SMILES string of the molecule is CCc1ccc(C(=O)c2cccc3cnccc23)s1. The van der Waals surface area contributed by atoms with Gasteiger partial charge in [0.25, 0.3) is 0 Å². The van der Waals surface area contributed by atoms with Crippen molar-refractivity contribution in [3.63, 3.8) is 0 Å². The van der Waals surface area contributed by atoms with E-state index in [1.165, 1.54) is 4.88 Å². The van der Waals surface area contributed by atoms with Gasteiger partial charge in [0.1, 0.15) is 0 Å². The first kappa shape index (κ1) is 12.1. The summed E-state index contributed by atoms with van der Waals surface area (Å²) in [6.45, 7) is 2.10. The summed E-state index contributed by atoms with van der Waals surface area (Å²) in [5.74, 6) is 0.0986. The van der Waals surface area contributed by atoms with Gasteiger partial charge in [0.15, 0.2) is 0 Å². The maximum Gasteiger partial charge on any atom is 0.203 e. The molecule has 0 aliphatic heterocycles. The Morgan fingerprint density at radius 1 is 1.21 bits per heavy atom. The fourth-order valence-corrected chi connectivity index (χ4v) is 3.04. The lowest BCUT2D eigenvalue weighted by molar-refractivity contribution is 0.104. The van der Waals surface area contributed by atoms with Crippen LogP contribution in [0.25, 0.3) is 10.8 Å². The molecule has 0 aliphatic rings. The number of aromatic nitrogens is 1. The number of hydrogen-bond acceptors (Lipinski definition) is 3. The van der Waals surface area contributed by atoms with Crippen molar-refractivity contribution in [2.45, 2.75) is 13.3 Å². The van der Waals surface area contributed by atoms with Crippen molar-refractivity contribution in [2.24, 2.45) is 0 Å². The third-order valence-electron chi connectivity index (χ3n) is 3.16. The summed E-state index contributed by atoms with van der Waals surface area (Å²) in [7, 11) is 0. The summed E-state index contributed by atoms with van der Waals surface area (Å²) < 4.78 is 0. The Balaban J connectivity index is 2.11. The molecule has 2 aromatic heterocycles. The number of aryl methyl sites for hydroxylation is 1. The van der Waals surface area contributed by atoms with Gasteiger partial charge in [-0.05, 0) is 30.0 Å². The normalized spacial score (nSPS) is 10.8. The van der Waals surface area contributed by atoms with Crippen molar-refractivity contribution in [3.05, 3.63) is 64.1 Å². The van der Waals surface area contributed by atoms with Gasteiger partial charge in [-0.2, -0.15) is 0 Å². The van der Waals surface area contributed by atoms with E-state index in [4.69, 9.17) is 0 Å². The highest BCUT2D eigenvalue weighted by Crippen LogP contribution is 2.24. The Morgan fingerprint density at radius 2 is 2.11 bits per heavy atom. The zero-order valence-electron chi connectivity index (χ0n) is 10.6. The lowest BCUT2D eigenvalue weighted by atomic mass is 10.0. The van der Waals surface area contributed by atoms with E-state index in [2.05, 4.69) is 11.9 Å². The van der Waals surface area contributed by atoms with E-state index >= 15 is 0 Å². The topological polar surface area (TPSA) is 30.0 Å². The van der Waals surface area contributed by atoms with Gasteiger partial charge < -0.3 is 0 Å². The Morgan fingerprint density at radius 3 is 2.89 bits per heavy atom. The molecule has 3 heteroatoms. The second kappa shape index (κ2) is 4.94. The highest BCUT2D eigenvalue weighted by atomic mass is 32.1. The Kier molecular flexibility index (Phi) is 3.13. The maximum atomic E-state index is 12.6. The molecular formula is C16H13NOS. The molecule has 0 aliphatic carbocycles. The Hall–Kier alpha value is -2.00. The number of fused-ring (bicyclic) bond motifs is 1. The van der Waals surface area contributed by atoms with Crippen molar-refractivity contribution in [1.82, 2.24) is 4.98 Å². The van der Waals surface area contributed by atoms with Gasteiger partial charge in [0.05, 0.1) is 4.88 Å². The van der Waals surface area contributed by atoms with Gasteiger partial charge in [-0.25, -0.2) is 0 Å². The number of carbonyl (C=O) groups is 1. The van der Waals surface area contributed by atoms with Gasteiger partial charge in [-0.1, -0.05) is 25.1 Å². The van der Waals surface area contributed by atoms with Crippen LogP contribution in [-0.2, 0) is 6.42 Å². The maximum absolute atomic E-state index is 12.6. The van der Waals surface area contributed by atoms with Crippen molar-refractivity contribution >= 4 is 27.9 Å². The van der Waals surface area contributed by atoms with E-state index < -0.39 is 0 Å². The molecule has 94 valence electrons. The summed E-state index contributed by atoms with van der Waals surface area (Å²) in [4.78, 5) is 18.7. The van der Waals surface area contributed by atoms with Crippen LogP contribution in [0.2, 0.25) is 0 Å². The van der Waals surface area contributed by atoms with Crippen LogP contribution in [0.5, 0.6) is 0 Å². The standard InChI is InChI=1S/C16H13NOS/c1-2-12-6-7-15(19-12)16(18)14-5-3-4-11-10-17-9-8-13(11)14/h3-10H,2H2,1H3. The highest BCUT2D eigenvalue weighted by Gasteiger charge is 2.14. The summed E-state index contributed by atoms with van der Waals surface area (Å²) in [5, 5.41) is 1.97. The van der Waals surface area contributed by atoms with Crippen LogP contribution < -0.4 is 0 Å². The zero-order valence-corrected chi connectivity index (χ0v) is 11.4. The zero-order chi connectivity index (χ0) is 13.2. The molecule has 0 atom stereocenters. The minimum atomic E-state index is 0.0986. The molecule has 2 nitrogen and oxygen atoms in total. The monoisotopic (exact) mass is 267 g/mol. The number of pyridine rings is 1. The Labute approximate surface area is 115 Å². The van der Waals surface area contributed by atoms with Gasteiger partial charge in [0.2, 0.25) is 5.78 Å². The Bertz CT molecular complexity index is 740. The van der Waals surface area contributed by atoms with Crippen molar-refractivity contribution in [1.29, 1.82) is 0 Å². The molecule has 3 aromatic rings. The van der Waals surface area contributed by atoms with E-state index in [0.29, 0.717) is 0 Å². The first-order valence-electron chi connectivity index (χ1n) is 6.25. The summed E-state index contributed by atoms with van der Waals surface area (Å²) in [6.07, 6.45) is 4.49. The largest absolute Gasteiger partial charge is 0.288 e. The van der Waals surface area contributed by atoms with Gasteiger partial charge >= 0.3 is 0 Å². The van der Waals surface area contributed by atoms with E-state index in [9.17, 15) is 4.79 Å². The van der Waals surface area contributed by atoms with Crippen molar-refractivity contribution in [3.8, 4) is 0 Å². The van der Waals surface area contributed by atoms with E-state index in [0.717, 1.165) is 27.6 Å². The fraction of sp³-hybridized carbons (Fsp3) is 0.125. The molecule has 1 aromatic carbocycles. The molecule has 0 spiro atoms. The molecule has 19 heavy (non-hydrogen) atoms. The molecule has 0 fully saturated rings. The van der Waals surface area contributed by atoms with Crippen LogP contribution in [0.3, 0.4) is 0 Å². The number of nitrogens with zero attached hydrogens (tertiary/aromatic N) is 1. The fourth-order valence-electron chi connectivity index (χ4n) is 2.14. The molecule has 0 radical (unpaired) electrons. The van der Waals surface area contributed by atoms with Crippen LogP contribution in [-0.4, -0.2) is 10.8 Å². The van der Waals surface area contributed by atoms with Gasteiger partial charge in [-0.15, -0.1) is 11.3 Å². The minimum absolute atomic E-state index is 0.0986. The van der Waals surface area contributed by atoms with E-state index in [1.54, 1.807) is 23.7 Å². The molecule has 2 heterocycles. The summed E-state index contributed by atoms with van der Waals surface area (Å²) in [6, 6.07) is 11.6. The molecule has 0 saturated heterocycles. The lowest BCUT2D eigenvalue weighted by Crippen LogP contribution is -1.99. The van der Waals surface area contributed by atoms with Crippen molar-refractivity contribution in [2.75, 3.05) is 0 Å².